The first-order chi connectivity index (χ1) is 7.58. The summed E-state index contributed by atoms with van der Waals surface area (Å²) in [6.45, 7) is 4.43. The summed E-state index contributed by atoms with van der Waals surface area (Å²) in [4.78, 5) is 0. The minimum atomic E-state index is 0.108. The number of nitrogens with two attached hydrogens (primary N) is 1. The molecule has 1 aromatic rings. The molecule has 0 spiro atoms. The lowest BCUT2D eigenvalue weighted by Gasteiger charge is -2.17. The molecule has 1 rings (SSSR count). The van der Waals surface area contributed by atoms with Crippen molar-refractivity contribution in [1.29, 1.82) is 0 Å². The van der Waals surface area contributed by atoms with Gasteiger partial charge in [-0.15, -0.1) is 0 Å². The van der Waals surface area contributed by atoms with Crippen molar-refractivity contribution < 1.29 is 4.74 Å². The van der Waals surface area contributed by atoms with E-state index >= 15 is 0 Å². The van der Waals surface area contributed by atoms with Gasteiger partial charge in [0.1, 0.15) is 5.75 Å². The summed E-state index contributed by atoms with van der Waals surface area (Å²) >= 11 is 3.48. The average molecular weight is 286 g/mol. The second kappa shape index (κ2) is 6.26. The molecule has 0 aliphatic heterocycles. The number of benzene rings is 1. The lowest BCUT2D eigenvalue weighted by molar-refractivity contribution is 0.411. The molecule has 0 bridgehead atoms. The Morgan fingerprint density at radius 1 is 1.44 bits per heavy atom. The van der Waals surface area contributed by atoms with Crippen LogP contribution in [0, 0.1) is 5.92 Å². The summed E-state index contributed by atoms with van der Waals surface area (Å²) in [5, 5.41) is 0. The van der Waals surface area contributed by atoms with Gasteiger partial charge in [0.05, 0.1) is 11.6 Å². The summed E-state index contributed by atoms with van der Waals surface area (Å²) in [7, 11) is 1.67. The van der Waals surface area contributed by atoms with Gasteiger partial charge >= 0.3 is 0 Å². The Balaban J connectivity index is 2.76. The maximum Gasteiger partial charge on any atom is 0.133 e. The fraction of sp³-hybridized carbons (Fsp3) is 0.538. The van der Waals surface area contributed by atoms with E-state index in [1.165, 1.54) is 6.42 Å². The fourth-order valence-electron chi connectivity index (χ4n) is 1.65. The normalized spacial score (nSPS) is 14.6. The van der Waals surface area contributed by atoms with Crippen LogP contribution in [0.3, 0.4) is 0 Å². The lowest BCUT2D eigenvalue weighted by atomic mass is 9.95. The molecule has 0 heterocycles. The van der Waals surface area contributed by atoms with Crippen molar-refractivity contribution in [2.75, 3.05) is 7.11 Å². The van der Waals surface area contributed by atoms with E-state index in [1.807, 2.05) is 18.2 Å². The summed E-state index contributed by atoms with van der Waals surface area (Å²) in [6, 6.07) is 6.15. The molecule has 2 N–H and O–H groups in total. The highest BCUT2D eigenvalue weighted by atomic mass is 79.9. The Hall–Kier alpha value is -0.540. The van der Waals surface area contributed by atoms with Crippen LogP contribution in [-0.4, -0.2) is 7.11 Å². The Morgan fingerprint density at radius 3 is 2.62 bits per heavy atom. The smallest absolute Gasteiger partial charge is 0.133 e. The number of methoxy groups -OCH3 is 1. The van der Waals surface area contributed by atoms with Crippen LogP contribution in [0.15, 0.2) is 22.7 Å². The number of ether oxygens (including phenoxy) is 1. The van der Waals surface area contributed by atoms with Gasteiger partial charge in [0.25, 0.3) is 0 Å². The molecule has 0 saturated carbocycles. The van der Waals surface area contributed by atoms with Gasteiger partial charge in [-0.05, 0) is 46.0 Å². The zero-order chi connectivity index (χ0) is 12.1. The van der Waals surface area contributed by atoms with Gasteiger partial charge in [0.15, 0.2) is 0 Å². The maximum atomic E-state index is 6.17. The third kappa shape index (κ3) is 3.49. The molecular weight excluding hydrogens is 266 g/mol. The monoisotopic (exact) mass is 285 g/mol. The van der Waals surface area contributed by atoms with Gasteiger partial charge in [0.2, 0.25) is 0 Å². The molecule has 0 aromatic heterocycles. The summed E-state index contributed by atoms with van der Waals surface area (Å²) in [5.41, 5.74) is 7.33. The van der Waals surface area contributed by atoms with Crippen molar-refractivity contribution in [3.05, 3.63) is 28.2 Å². The first-order valence-corrected chi connectivity index (χ1v) is 6.46. The van der Waals surface area contributed by atoms with E-state index in [4.69, 9.17) is 10.5 Å². The maximum absolute atomic E-state index is 6.17. The Kier molecular flexibility index (Phi) is 5.29. The third-order valence-electron chi connectivity index (χ3n) is 2.96. The molecule has 0 fully saturated rings. The Labute approximate surface area is 106 Å². The van der Waals surface area contributed by atoms with Crippen LogP contribution in [0.4, 0.5) is 0 Å². The Morgan fingerprint density at radius 2 is 2.12 bits per heavy atom. The van der Waals surface area contributed by atoms with E-state index in [9.17, 15) is 0 Å². The third-order valence-corrected chi connectivity index (χ3v) is 3.58. The molecule has 16 heavy (non-hydrogen) atoms. The van der Waals surface area contributed by atoms with E-state index < -0.39 is 0 Å². The number of hydrogen-bond acceptors (Lipinski definition) is 2. The van der Waals surface area contributed by atoms with Crippen LogP contribution >= 0.6 is 15.9 Å². The zero-order valence-corrected chi connectivity index (χ0v) is 11.8. The average Bonchev–Trinajstić information content (AvgIpc) is 2.28. The van der Waals surface area contributed by atoms with Crippen molar-refractivity contribution in [3.8, 4) is 5.75 Å². The molecule has 3 heteroatoms. The number of hydrogen-bond donors (Lipinski definition) is 1. The minimum Gasteiger partial charge on any atom is -0.496 e. The van der Waals surface area contributed by atoms with Crippen LogP contribution in [0.25, 0.3) is 0 Å². The van der Waals surface area contributed by atoms with Crippen LogP contribution in [0.2, 0.25) is 0 Å². The van der Waals surface area contributed by atoms with E-state index in [2.05, 4.69) is 29.8 Å². The van der Waals surface area contributed by atoms with Crippen molar-refractivity contribution >= 4 is 15.9 Å². The second-order valence-electron chi connectivity index (χ2n) is 4.25. The lowest BCUT2D eigenvalue weighted by Crippen LogP contribution is -2.13. The largest absolute Gasteiger partial charge is 0.496 e. The zero-order valence-electron chi connectivity index (χ0n) is 10.2. The van der Waals surface area contributed by atoms with Crippen molar-refractivity contribution in [1.82, 2.24) is 0 Å². The van der Waals surface area contributed by atoms with Gasteiger partial charge in [-0.2, -0.15) is 0 Å². The van der Waals surface area contributed by atoms with Crippen LogP contribution in [0.5, 0.6) is 5.75 Å². The molecule has 0 amide bonds. The molecule has 0 saturated heterocycles. The fourth-order valence-corrected chi connectivity index (χ4v) is 2.21. The highest BCUT2D eigenvalue weighted by Crippen LogP contribution is 2.29. The van der Waals surface area contributed by atoms with Gasteiger partial charge in [0, 0.05) is 6.04 Å². The van der Waals surface area contributed by atoms with Gasteiger partial charge in [-0.1, -0.05) is 26.3 Å². The van der Waals surface area contributed by atoms with Gasteiger partial charge in [-0.25, -0.2) is 0 Å². The molecule has 0 aliphatic carbocycles. The summed E-state index contributed by atoms with van der Waals surface area (Å²) in [6.07, 6.45) is 2.19. The quantitative estimate of drug-likeness (QED) is 0.891. The molecular formula is C13H20BrNO. The topological polar surface area (TPSA) is 35.2 Å². The number of halogens is 1. The minimum absolute atomic E-state index is 0.108. The predicted octanol–water partition coefficient (Wildman–Crippen LogP) is 3.89. The van der Waals surface area contributed by atoms with Crippen LogP contribution < -0.4 is 10.5 Å². The van der Waals surface area contributed by atoms with Gasteiger partial charge < -0.3 is 10.5 Å². The van der Waals surface area contributed by atoms with Crippen molar-refractivity contribution in [2.45, 2.75) is 32.7 Å². The summed E-state index contributed by atoms with van der Waals surface area (Å²) in [5.74, 6) is 1.51. The SMILES string of the molecule is CCC(C)CC(N)c1ccc(OC)c(Br)c1. The molecule has 2 atom stereocenters. The van der Waals surface area contributed by atoms with E-state index in [0.29, 0.717) is 5.92 Å². The molecule has 0 radical (unpaired) electrons. The van der Waals surface area contributed by atoms with Crippen molar-refractivity contribution in [3.63, 3.8) is 0 Å². The molecule has 1 aromatic carbocycles. The van der Waals surface area contributed by atoms with Crippen LogP contribution in [0.1, 0.15) is 38.3 Å². The van der Waals surface area contributed by atoms with Crippen LogP contribution in [-0.2, 0) is 0 Å². The summed E-state index contributed by atoms with van der Waals surface area (Å²) < 4.78 is 6.16. The van der Waals surface area contributed by atoms with Gasteiger partial charge in [-0.3, -0.25) is 0 Å². The molecule has 90 valence electrons. The first kappa shape index (κ1) is 13.5. The molecule has 0 aliphatic rings. The number of rotatable bonds is 5. The Bertz CT molecular complexity index is 341. The highest BCUT2D eigenvalue weighted by Gasteiger charge is 2.11. The second-order valence-corrected chi connectivity index (χ2v) is 5.10. The van der Waals surface area contributed by atoms with E-state index in [1.54, 1.807) is 7.11 Å². The highest BCUT2D eigenvalue weighted by molar-refractivity contribution is 9.10. The molecule has 2 nitrogen and oxygen atoms in total. The molecule has 2 unspecified atom stereocenters. The van der Waals surface area contributed by atoms with E-state index in [0.717, 1.165) is 22.2 Å². The standard InChI is InChI=1S/C13H20BrNO/c1-4-9(2)7-12(15)10-5-6-13(16-3)11(14)8-10/h5-6,8-9,12H,4,7,15H2,1-3H3. The predicted molar refractivity (Wildman–Crippen MR) is 71.7 cm³/mol. The first-order valence-electron chi connectivity index (χ1n) is 5.67. The van der Waals surface area contributed by atoms with E-state index in [-0.39, 0.29) is 6.04 Å². The van der Waals surface area contributed by atoms with Crippen molar-refractivity contribution in [2.24, 2.45) is 11.7 Å².